The van der Waals surface area contributed by atoms with Gasteiger partial charge in [-0.1, -0.05) is 88.9 Å². The van der Waals surface area contributed by atoms with Crippen LogP contribution in [0.1, 0.15) is 117 Å². The number of amides is 2. The fourth-order valence-electron chi connectivity index (χ4n) is 6.71. The molecule has 70 heavy (non-hydrogen) atoms. The molecule has 0 bridgehead atoms. The molecule has 3 rings (SSSR count). The van der Waals surface area contributed by atoms with Crippen LogP contribution in [0.3, 0.4) is 0 Å². The molecule has 2 aromatic heterocycles. The van der Waals surface area contributed by atoms with E-state index in [1.54, 1.807) is 0 Å². The van der Waals surface area contributed by atoms with E-state index in [4.69, 9.17) is 10.5 Å². The maximum atomic E-state index is 12.6. The number of carbonyl (C=O) groups excluding carboxylic acids is 4. The van der Waals surface area contributed by atoms with Crippen molar-refractivity contribution < 1.29 is 85.3 Å². The first-order chi connectivity index (χ1) is 32.9. The van der Waals surface area contributed by atoms with Crippen LogP contribution in [0.25, 0.3) is 11.2 Å². The van der Waals surface area contributed by atoms with Crippen molar-refractivity contribution in [2.45, 2.75) is 141 Å². The quantitative estimate of drug-likeness (QED) is 0.0285. The zero-order valence-electron chi connectivity index (χ0n) is 39.3. The number of hydrogen-bond acceptors (Lipinski definition) is 23. The van der Waals surface area contributed by atoms with Crippen LogP contribution in [0, 0.1) is 5.41 Å². The number of nitrogens with two attached hydrogens (primary N) is 1. The van der Waals surface area contributed by atoms with Crippen LogP contribution in [-0.2, 0) is 55.5 Å². The lowest BCUT2D eigenvalue weighted by atomic mass is 9.87. The number of carbonyl (C=O) groups is 4. The summed E-state index contributed by atoms with van der Waals surface area (Å²) < 4.78 is 60.8. The summed E-state index contributed by atoms with van der Waals surface area (Å²) in [5, 5.41) is 26.0. The number of aliphatic hydroxyl groups is 2. The van der Waals surface area contributed by atoms with Gasteiger partial charge in [-0.25, -0.2) is 19.3 Å². The van der Waals surface area contributed by atoms with E-state index in [0.29, 0.717) is 6.42 Å². The number of fused-ring (bicyclic) bond motifs is 1. The molecule has 2 aromatic rings. The van der Waals surface area contributed by atoms with Crippen molar-refractivity contribution in [2.24, 2.45) is 5.41 Å². The van der Waals surface area contributed by atoms with Gasteiger partial charge in [0.1, 0.15) is 42.0 Å². The average Bonchev–Trinajstić information content (AvgIpc) is 3.84. The summed E-state index contributed by atoms with van der Waals surface area (Å²) in [5.41, 5.74) is 4.05. The average molecular weight is 1070 g/mol. The van der Waals surface area contributed by atoms with Gasteiger partial charge in [0.05, 0.1) is 33.8 Å². The maximum Gasteiger partial charge on any atom is 0.274 e. The van der Waals surface area contributed by atoms with E-state index in [0.717, 1.165) is 80.4 Å². The minimum absolute atomic E-state index is 0.0268. The maximum absolute atomic E-state index is 12.6. The number of nitrogens with one attached hydrogen (secondary N) is 2. The molecule has 396 valence electrons. The number of imidazole rings is 1. The van der Waals surface area contributed by atoms with E-state index in [1.807, 2.05) is 0 Å². The Kier molecular flexibility index (Phi) is 26.2. The molecule has 1 fully saturated rings. The van der Waals surface area contributed by atoms with Gasteiger partial charge in [-0.2, -0.15) is 0 Å². The van der Waals surface area contributed by atoms with Gasteiger partial charge in [-0.05, 0) is 38.5 Å². The number of thioether (sulfide) groups is 1. The second-order valence-corrected chi connectivity index (χ2v) is 22.1. The Morgan fingerprint density at radius 1 is 0.914 bits per heavy atom. The lowest BCUT2D eigenvalue weighted by Gasteiger charge is -2.36. The second-order valence-electron chi connectivity index (χ2n) is 16.9. The van der Waals surface area contributed by atoms with E-state index >= 15 is 0 Å². The highest BCUT2D eigenvalue weighted by Gasteiger charge is 2.47. The van der Waals surface area contributed by atoms with Crippen molar-refractivity contribution in [1.29, 1.82) is 0 Å². The Morgan fingerprint density at radius 2 is 1.57 bits per heavy atom. The van der Waals surface area contributed by atoms with Crippen LogP contribution in [0.15, 0.2) is 37.0 Å². The number of nitrogens with zero attached hydrogens (tertiary/aromatic N) is 4. The number of anilines is 1. The molecule has 3 heterocycles. The Labute approximate surface area is 410 Å². The van der Waals surface area contributed by atoms with Gasteiger partial charge in [0, 0.05) is 37.1 Å². The summed E-state index contributed by atoms with van der Waals surface area (Å²) >= 11 is 0.919. The first-order valence-corrected chi connectivity index (χ1v) is 28.1. The van der Waals surface area contributed by atoms with Crippen LogP contribution in [0.4, 0.5) is 5.82 Å². The van der Waals surface area contributed by atoms with Crippen molar-refractivity contribution in [2.75, 3.05) is 37.8 Å². The number of Topliss-reactive ketones (excluding diaryl/α,β-unsaturated/α-hetero) is 1. The first-order valence-electron chi connectivity index (χ1n) is 22.7. The molecule has 1 aliphatic rings. The Hall–Kier alpha value is -3.29. The van der Waals surface area contributed by atoms with Gasteiger partial charge in [0.15, 0.2) is 22.8 Å². The highest BCUT2D eigenvalue weighted by Crippen LogP contribution is 2.56. The zero-order valence-corrected chi connectivity index (χ0v) is 42.8. The number of unbranched alkanes of at least 4 members (excludes halogenated alkanes) is 8. The van der Waals surface area contributed by atoms with Gasteiger partial charge >= 0.3 is 0 Å². The lowest BCUT2D eigenvalue weighted by Crippen LogP contribution is -2.46. The van der Waals surface area contributed by atoms with Crippen molar-refractivity contribution in [3.05, 3.63) is 37.0 Å². The van der Waals surface area contributed by atoms with Crippen molar-refractivity contribution in [3.8, 4) is 0 Å². The Balaban J connectivity index is 1.30. The van der Waals surface area contributed by atoms with Gasteiger partial charge in [0.2, 0.25) is 11.8 Å². The summed E-state index contributed by atoms with van der Waals surface area (Å²) in [7, 11) is -17.7. The number of phosphoric acid groups is 3. The molecular weight excluding hydrogens is 1000 g/mol. The van der Waals surface area contributed by atoms with Crippen LogP contribution in [0.2, 0.25) is 0 Å². The molecule has 29 heteroatoms. The third-order valence-electron chi connectivity index (χ3n) is 10.5. The van der Waals surface area contributed by atoms with Gasteiger partial charge in [0.25, 0.3) is 15.6 Å². The van der Waals surface area contributed by atoms with Gasteiger partial charge in [-0.3, -0.25) is 32.9 Å². The fraction of sp³-hybridized carbons (Fsp3) is 0.683. The van der Waals surface area contributed by atoms with Crippen LogP contribution in [-0.4, -0.2) is 109 Å². The number of ketones is 1. The van der Waals surface area contributed by atoms with Crippen LogP contribution in [0.5, 0.6) is 0 Å². The monoisotopic (exact) mass is 1070 g/mol. The molecule has 0 aromatic carbocycles. The molecule has 1 aliphatic heterocycles. The van der Waals surface area contributed by atoms with Crippen LogP contribution >= 0.6 is 35.2 Å². The number of nitrogen functional groups attached to an aromatic ring is 1. The topological polar surface area (TPSA) is 392 Å². The minimum atomic E-state index is -5.94. The zero-order chi connectivity index (χ0) is 52.0. The van der Waals surface area contributed by atoms with E-state index < -0.39 is 84.6 Å². The normalized spacial score (nSPS) is 19.9. The summed E-state index contributed by atoms with van der Waals surface area (Å²) in [6.45, 7) is 2.12. The fourth-order valence-corrected chi connectivity index (χ4v) is 10.1. The first kappa shape index (κ1) is 61.0. The molecule has 25 nitrogen and oxygen atoms in total. The number of allylic oxidation sites excluding steroid dienone is 4. The van der Waals surface area contributed by atoms with Crippen molar-refractivity contribution in [1.82, 2.24) is 30.2 Å². The highest BCUT2D eigenvalue weighted by molar-refractivity contribution is 8.13. The third kappa shape index (κ3) is 22.6. The van der Waals surface area contributed by atoms with Gasteiger partial charge < -0.3 is 69.0 Å². The number of rotatable bonds is 35. The van der Waals surface area contributed by atoms with Crippen molar-refractivity contribution in [3.63, 3.8) is 0 Å². The van der Waals surface area contributed by atoms with Crippen molar-refractivity contribution >= 4 is 74.9 Å². The molecule has 6 N–H and O–H groups in total. The van der Waals surface area contributed by atoms with E-state index in [9.17, 15) is 62.7 Å². The number of aromatic nitrogens is 4. The van der Waals surface area contributed by atoms with Gasteiger partial charge in [-0.15, -0.1) is 0 Å². The number of ether oxygens (including phenoxy) is 1. The number of phosphoric ester groups is 3. The molecule has 2 amide bonds. The molecule has 7 atom stereocenters. The molecule has 2 unspecified atom stereocenters. The largest absolute Gasteiger partial charge is 0.790 e. The summed E-state index contributed by atoms with van der Waals surface area (Å²) in [5.74, 6) is -1.54. The van der Waals surface area contributed by atoms with E-state index in [2.05, 4.69) is 74.7 Å². The summed E-state index contributed by atoms with van der Waals surface area (Å²) in [6, 6.07) is 0. The summed E-state index contributed by atoms with van der Waals surface area (Å²) in [4.78, 5) is 109. The third-order valence-corrected chi connectivity index (χ3v) is 14.4. The van der Waals surface area contributed by atoms with E-state index in [1.165, 1.54) is 33.1 Å². The number of aliphatic hydroxyl groups excluding tert-OH is 2. The smallest absolute Gasteiger partial charge is 0.274 e. The molecule has 0 radical (unpaired) electrons. The Bertz CT molecular complexity index is 2210. The van der Waals surface area contributed by atoms with E-state index in [-0.39, 0.29) is 59.6 Å². The Morgan fingerprint density at radius 3 is 2.26 bits per heavy atom. The summed E-state index contributed by atoms with van der Waals surface area (Å²) in [6.07, 6.45) is 13.0. The predicted molar refractivity (Wildman–Crippen MR) is 247 cm³/mol. The molecule has 1 saturated heterocycles. The lowest BCUT2D eigenvalue weighted by molar-refractivity contribution is -0.347. The molecule has 0 spiro atoms. The molecule has 0 aliphatic carbocycles. The molecule has 0 saturated carbocycles. The van der Waals surface area contributed by atoms with Crippen LogP contribution < -0.4 is 35.9 Å². The number of hydrogen-bond donors (Lipinski definition) is 5. The SMILES string of the molecule is CCCCC/C=C\C/C=C\CCCCCCCC(=O)CC(=O)SCCNC(=O)CCNC(=O)[C@H](O)C(C)(C)COP(=O)([O-])OP(=O)([O-])OC[C@H]1O[C@@H](n2cnc3c(N)ncnc32)[C@H](O)[C@@H]1OP(=O)([O-])[O-]. The standard InChI is InChI=1S/C41H68N7O18P3S/c1-4-5-6-7-8-9-10-11-12-13-14-15-16-17-18-19-29(49)24-32(51)70-23-22-43-31(50)20-21-44-39(54)36(53)41(2,3)26-63-69(60,61)66-68(58,59)62-25-30-35(65-67(55,56)57)34(52)40(64-30)48-28-47-33-37(42)45-27-46-38(33)48/h8-9,11-12,27-28,30,34-36,40,52-53H,4-7,10,13-26H2,1-3H3,(H,43,50)(H,44,54)(H,58,59)(H,60,61)(H2,42,45,46)(H2,55,56,57)/p-4/b9-8-,12-11-/t30-,34-,35-,36+,40-/m1/s1. The second kappa shape index (κ2) is 30.0. The highest BCUT2D eigenvalue weighted by atomic mass is 32.2. The predicted octanol–water partition coefficient (Wildman–Crippen LogP) is 1.91. The minimum Gasteiger partial charge on any atom is -0.790 e. The molecular formula is C41H64N7O18P3S-4.